The molecule has 0 atom stereocenters. The zero-order valence-corrected chi connectivity index (χ0v) is 13.3. The summed E-state index contributed by atoms with van der Waals surface area (Å²) in [5.74, 6) is -1.62. The Morgan fingerprint density at radius 1 is 1.29 bits per heavy atom. The van der Waals surface area contributed by atoms with Crippen molar-refractivity contribution in [3.05, 3.63) is 29.8 Å². The molecule has 0 aromatic heterocycles. The molecule has 0 saturated heterocycles. The molecular formula is C13H13IN2O5. The van der Waals surface area contributed by atoms with Crippen LogP contribution in [0.4, 0.5) is 5.69 Å². The van der Waals surface area contributed by atoms with Gasteiger partial charge in [-0.05, 0) is 24.3 Å². The summed E-state index contributed by atoms with van der Waals surface area (Å²) >= 11 is 1.93. The Labute approximate surface area is 134 Å². The van der Waals surface area contributed by atoms with Crippen molar-refractivity contribution in [2.45, 2.75) is 13.3 Å². The minimum Gasteiger partial charge on any atom is -0.325 e. The van der Waals surface area contributed by atoms with Gasteiger partial charge in [0, 0.05) is 12.1 Å². The Morgan fingerprint density at radius 2 is 1.90 bits per heavy atom. The third-order valence-corrected chi connectivity index (χ3v) is 3.04. The molecule has 1 aromatic carbocycles. The summed E-state index contributed by atoms with van der Waals surface area (Å²) in [7, 11) is 0. The molecule has 8 heteroatoms. The first-order valence-electron chi connectivity index (χ1n) is 5.97. The van der Waals surface area contributed by atoms with Crippen LogP contribution in [0.25, 0.3) is 0 Å². The van der Waals surface area contributed by atoms with Crippen LogP contribution in [0, 0.1) is 0 Å². The van der Waals surface area contributed by atoms with Gasteiger partial charge < -0.3 is 10.2 Å². The number of carbonyl (C=O) groups excluding carboxylic acids is 4. The van der Waals surface area contributed by atoms with E-state index in [1.54, 1.807) is 0 Å². The highest BCUT2D eigenvalue weighted by Gasteiger charge is 2.17. The number of hydrogen-bond acceptors (Lipinski definition) is 5. The third-order valence-electron chi connectivity index (χ3n) is 2.35. The van der Waals surface area contributed by atoms with Gasteiger partial charge in [0.05, 0.1) is 9.99 Å². The number of halogens is 1. The zero-order chi connectivity index (χ0) is 15.8. The molecule has 0 aliphatic rings. The van der Waals surface area contributed by atoms with Crippen LogP contribution in [0.1, 0.15) is 23.7 Å². The average Bonchev–Trinajstić information content (AvgIpc) is 2.52. The Bertz CT molecular complexity index is 544. The highest BCUT2D eigenvalue weighted by molar-refractivity contribution is 14.1. The van der Waals surface area contributed by atoms with E-state index in [1.165, 1.54) is 31.2 Å². The maximum absolute atomic E-state index is 11.8. The summed E-state index contributed by atoms with van der Waals surface area (Å²) < 4.78 is 0.314. The fourth-order valence-electron chi connectivity index (χ4n) is 1.31. The average molecular weight is 404 g/mol. The molecule has 0 spiro atoms. The number of rotatable bonds is 5. The smallest absolute Gasteiger partial charge is 0.325 e. The Kier molecular flexibility index (Phi) is 6.79. The fourth-order valence-corrected chi connectivity index (χ4v) is 1.50. The van der Waals surface area contributed by atoms with Gasteiger partial charge in [0.15, 0.2) is 0 Å². The quantitative estimate of drug-likeness (QED) is 0.348. The van der Waals surface area contributed by atoms with Gasteiger partial charge in [-0.25, -0.2) is 4.79 Å². The van der Waals surface area contributed by atoms with E-state index in [2.05, 4.69) is 10.2 Å². The van der Waals surface area contributed by atoms with Crippen LogP contribution in [-0.2, 0) is 19.2 Å². The van der Waals surface area contributed by atoms with Crippen molar-refractivity contribution in [1.29, 1.82) is 0 Å². The molecule has 0 aliphatic carbocycles. The minimum atomic E-state index is -0.837. The van der Waals surface area contributed by atoms with Crippen LogP contribution in [0.2, 0.25) is 0 Å². The molecule has 3 amide bonds. The fraction of sp³-hybridized carbons (Fsp3) is 0.231. The lowest BCUT2D eigenvalue weighted by molar-refractivity contribution is -0.171. The van der Waals surface area contributed by atoms with Gasteiger partial charge >= 0.3 is 5.97 Å². The SMILES string of the molecule is CCC(=O)N(C=O)OC(=O)c1ccc(NC(=O)CI)cc1. The molecule has 0 heterocycles. The number of anilines is 1. The van der Waals surface area contributed by atoms with Gasteiger partial charge in [-0.1, -0.05) is 29.5 Å². The summed E-state index contributed by atoms with van der Waals surface area (Å²) in [5, 5.41) is 2.97. The number of hydroxylamine groups is 2. The molecule has 1 aromatic rings. The van der Waals surface area contributed by atoms with E-state index in [-0.39, 0.29) is 24.3 Å². The molecule has 0 unspecified atom stereocenters. The van der Waals surface area contributed by atoms with Gasteiger partial charge in [0.1, 0.15) is 0 Å². The van der Waals surface area contributed by atoms with Gasteiger partial charge in [0.25, 0.3) is 12.3 Å². The van der Waals surface area contributed by atoms with E-state index in [9.17, 15) is 19.2 Å². The summed E-state index contributed by atoms with van der Waals surface area (Å²) in [5.41, 5.74) is 0.684. The van der Waals surface area contributed by atoms with Crippen LogP contribution in [0.15, 0.2) is 24.3 Å². The monoisotopic (exact) mass is 404 g/mol. The second-order valence-electron chi connectivity index (χ2n) is 3.82. The van der Waals surface area contributed by atoms with E-state index in [4.69, 9.17) is 0 Å². The molecule has 1 rings (SSSR count). The number of alkyl halides is 1. The van der Waals surface area contributed by atoms with Crippen molar-refractivity contribution >= 4 is 52.5 Å². The predicted molar refractivity (Wildman–Crippen MR) is 82.6 cm³/mol. The normalized spacial score (nSPS) is 9.62. The van der Waals surface area contributed by atoms with E-state index < -0.39 is 11.9 Å². The topological polar surface area (TPSA) is 92.8 Å². The predicted octanol–water partition coefficient (Wildman–Crippen LogP) is 1.53. The Balaban J connectivity index is 2.72. The number of benzene rings is 1. The van der Waals surface area contributed by atoms with E-state index >= 15 is 0 Å². The van der Waals surface area contributed by atoms with Crippen LogP contribution in [0.3, 0.4) is 0 Å². The first-order valence-corrected chi connectivity index (χ1v) is 7.50. The third kappa shape index (κ3) is 5.14. The lowest BCUT2D eigenvalue weighted by Gasteiger charge is -2.13. The summed E-state index contributed by atoms with van der Waals surface area (Å²) in [6.07, 6.45) is 0.173. The van der Waals surface area contributed by atoms with Crippen molar-refractivity contribution in [2.75, 3.05) is 9.74 Å². The first-order chi connectivity index (χ1) is 10.0. The lowest BCUT2D eigenvalue weighted by atomic mass is 10.2. The maximum atomic E-state index is 11.8. The van der Waals surface area contributed by atoms with Crippen molar-refractivity contribution < 1.29 is 24.0 Å². The standard InChI is InChI=1S/C13H13IN2O5/c1-2-12(19)16(8-17)21-13(20)9-3-5-10(6-4-9)15-11(18)7-14/h3-6,8H,2,7H2,1H3,(H,15,18). The van der Waals surface area contributed by atoms with Crippen molar-refractivity contribution in [3.63, 3.8) is 0 Å². The van der Waals surface area contributed by atoms with E-state index in [1.807, 2.05) is 22.6 Å². The van der Waals surface area contributed by atoms with Crippen LogP contribution >= 0.6 is 22.6 Å². The molecule has 0 radical (unpaired) electrons. The van der Waals surface area contributed by atoms with Crippen LogP contribution in [-0.4, -0.2) is 33.7 Å². The highest BCUT2D eigenvalue weighted by Crippen LogP contribution is 2.11. The molecule has 7 nitrogen and oxygen atoms in total. The molecule has 0 fully saturated rings. The number of hydrogen-bond donors (Lipinski definition) is 1. The minimum absolute atomic E-state index is 0.0350. The molecule has 0 bridgehead atoms. The summed E-state index contributed by atoms with van der Waals surface area (Å²) in [6.45, 7) is 1.54. The van der Waals surface area contributed by atoms with Crippen molar-refractivity contribution in [2.24, 2.45) is 0 Å². The Morgan fingerprint density at radius 3 is 2.38 bits per heavy atom. The van der Waals surface area contributed by atoms with Gasteiger partial charge in [0.2, 0.25) is 5.91 Å². The van der Waals surface area contributed by atoms with Gasteiger partial charge in [-0.3, -0.25) is 14.4 Å². The number of carbonyl (C=O) groups is 4. The van der Waals surface area contributed by atoms with Crippen molar-refractivity contribution in [3.8, 4) is 0 Å². The molecule has 0 aliphatic heterocycles. The largest absolute Gasteiger partial charge is 0.363 e. The zero-order valence-electron chi connectivity index (χ0n) is 11.2. The number of amides is 3. The molecule has 21 heavy (non-hydrogen) atoms. The first kappa shape index (κ1) is 17.1. The number of nitrogens with zero attached hydrogens (tertiary/aromatic N) is 1. The van der Waals surface area contributed by atoms with Crippen LogP contribution < -0.4 is 5.32 Å². The van der Waals surface area contributed by atoms with E-state index in [0.717, 1.165) is 0 Å². The lowest BCUT2D eigenvalue weighted by Crippen LogP contribution is -2.31. The molecular weight excluding hydrogens is 391 g/mol. The molecule has 0 saturated carbocycles. The second kappa shape index (κ2) is 8.35. The maximum Gasteiger partial charge on any atom is 0.363 e. The summed E-state index contributed by atoms with van der Waals surface area (Å²) in [6, 6.07) is 5.89. The van der Waals surface area contributed by atoms with Gasteiger partial charge in [-0.15, -0.1) is 5.06 Å². The number of imide groups is 1. The van der Waals surface area contributed by atoms with Crippen molar-refractivity contribution in [1.82, 2.24) is 5.06 Å². The second-order valence-corrected chi connectivity index (χ2v) is 4.58. The highest BCUT2D eigenvalue weighted by atomic mass is 127. The van der Waals surface area contributed by atoms with Crippen LogP contribution in [0.5, 0.6) is 0 Å². The van der Waals surface area contributed by atoms with E-state index in [0.29, 0.717) is 15.2 Å². The Hall–Kier alpha value is -1.97. The summed E-state index contributed by atoms with van der Waals surface area (Å²) in [4.78, 5) is 49.6. The van der Waals surface area contributed by atoms with Gasteiger partial charge in [-0.2, -0.15) is 0 Å². The molecule has 112 valence electrons. The molecule has 1 N–H and O–H groups in total. The number of nitrogens with one attached hydrogen (secondary N) is 1.